The average molecular weight is 400 g/mol. The van der Waals surface area contributed by atoms with Gasteiger partial charge in [-0.15, -0.1) is 0 Å². The normalized spacial score (nSPS) is 15.9. The number of hydrogen-bond acceptors (Lipinski definition) is 6. The zero-order valence-electron chi connectivity index (χ0n) is 15.1. The van der Waals surface area contributed by atoms with E-state index < -0.39 is 17.9 Å². The van der Waals surface area contributed by atoms with Crippen LogP contribution in [-0.2, 0) is 6.18 Å². The average Bonchev–Trinajstić information content (AvgIpc) is 2.67. The van der Waals surface area contributed by atoms with Gasteiger partial charge in [0, 0.05) is 23.6 Å². The van der Waals surface area contributed by atoms with E-state index in [0.29, 0.717) is 11.4 Å². The monoisotopic (exact) mass is 400 g/mol. The number of halogens is 3. The molecule has 0 spiro atoms. The number of fused-ring (bicyclic) bond motifs is 1. The van der Waals surface area contributed by atoms with Crippen molar-refractivity contribution in [3.05, 3.63) is 82.0 Å². The molecule has 0 radical (unpaired) electrons. The fourth-order valence-corrected chi connectivity index (χ4v) is 2.95. The minimum Gasteiger partial charge on any atom is -0.326 e. The fourth-order valence-electron chi connectivity index (χ4n) is 2.95. The van der Waals surface area contributed by atoms with E-state index in [-0.39, 0.29) is 23.2 Å². The van der Waals surface area contributed by atoms with Crippen molar-refractivity contribution in [3.63, 3.8) is 0 Å². The lowest BCUT2D eigenvalue weighted by Gasteiger charge is -2.26. The van der Waals surface area contributed by atoms with Crippen LogP contribution in [0.3, 0.4) is 0 Å². The minimum absolute atomic E-state index is 0.150. The first-order valence-corrected chi connectivity index (χ1v) is 8.61. The van der Waals surface area contributed by atoms with Gasteiger partial charge in [0.15, 0.2) is 6.17 Å². The molecule has 0 aliphatic carbocycles. The van der Waals surface area contributed by atoms with Gasteiger partial charge in [0.25, 0.3) is 5.56 Å². The predicted molar refractivity (Wildman–Crippen MR) is 102 cm³/mol. The molecule has 2 aromatic heterocycles. The number of pyridine rings is 1. The molecule has 3 aromatic rings. The zero-order chi connectivity index (χ0) is 20.6. The summed E-state index contributed by atoms with van der Waals surface area (Å²) in [6.07, 6.45) is -3.71. The molecule has 1 aliphatic heterocycles. The van der Waals surface area contributed by atoms with Crippen LogP contribution in [0.15, 0.2) is 64.5 Å². The van der Waals surface area contributed by atoms with Gasteiger partial charge in [-0.05, 0) is 37.3 Å². The first-order valence-electron chi connectivity index (χ1n) is 8.61. The molecule has 0 bridgehead atoms. The zero-order valence-corrected chi connectivity index (χ0v) is 15.1. The van der Waals surface area contributed by atoms with E-state index in [0.717, 1.165) is 12.1 Å². The molecular weight excluding hydrogens is 385 g/mol. The third-order valence-electron chi connectivity index (χ3n) is 4.21. The van der Waals surface area contributed by atoms with Crippen molar-refractivity contribution in [3.8, 4) is 0 Å². The second-order valence-electron chi connectivity index (χ2n) is 6.36. The molecule has 1 aromatic carbocycles. The van der Waals surface area contributed by atoms with Crippen LogP contribution in [0.2, 0.25) is 0 Å². The second kappa shape index (κ2) is 7.04. The molecule has 0 saturated heterocycles. The quantitative estimate of drug-likeness (QED) is 0.689. The molecule has 1 aliphatic rings. The highest BCUT2D eigenvalue weighted by atomic mass is 19.4. The van der Waals surface area contributed by atoms with E-state index in [2.05, 4.69) is 25.6 Å². The summed E-state index contributed by atoms with van der Waals surface area (Å²) in [7, 11) is 0. The van der Waals surface area contributed by atoms with Crippen molar-refractivity contribution in [1.82, 2.24) is 14.5 Å². The Kier molecular flexibility index (Phi) is 4.53. The molecule has 29 heavy (non-hydrogen) atoms. The van der Waals surface area contributed by atoms with E-state index >= 15 is 0 Å². The summed E-state index contributed by atoms with van der Waals surface area (Å²) in [5.41, 5.74) is 0.0674. The number of benzene rings is 1. The van der Waals surface area contributed by atoms with E-state index in [1.54, 1.807) is 31.3 Å². The number of hydrogen-bond donors (Lipinski definition) is 2. The Morgan fingerprint density at radius 3 is 2.69 bits per heavy atom. The molecule has 1 atom stereocenters. The number of nitrogens with one attached hydrogen (secondary N) is 2. The van der Waals surface area contributed by atoms with Gasteiger partial charge in [-0.1, -0.05) is 12.1 Å². The Morgan fingerprint density at radius 2 is 1.97 bits per heavy atom. The largest absolute Gasteiger partial charge is 0.416 e. The predicted octanol–water partition coefficient (Wildman–Crippen LogP) is 3.41. The van der Waals surface area contributed by atoms with Crippen LogP contribution in [0.5, 0.6) is 0 Å². The number of nitrogens with zero attached hydrogens (tertiary/aromatic N) is 4. The SMILES string of the molecule is Cc1cc(=O)n2c(n1)NC(Nc1cccc(C(F)(F)F)c1)=N[C@H]2c1ccccn1. The van der Waals surface area contributed by atoms with Crippen LogP contribution in [-0.4, -0.2) is 20.5 Å². The molecule has 0 fully saturated rings. The lowest BCUT2D eigenvalue weighted by molar-refractivity contribution is -0.137. The van der Waals surface area contributed by atoms with Crippen molar-refractivity contribution < 1.29 is 13.2 Å². The van der Waals surface area contributed by atoms with Gasteiger partial charge in [0.1, 0.15) is 0 Å². The van der Waals surface area contributed by atoms with E-state index in [9.17, 15) is 18.0 Å². The first kappa shape index (κ1) is 18.7. The Morgan fingerprint density at radius 1 is 1.14 bits per heavy atom. The fraction of sp³-hybridized carbons (Fsp3) is 0.158. The van der Waals surface area contributed by atoms with Crippen LogP contribution < -0.4 is 16.2 Å². The van der Waals surface area contributed by atoms with E-state index in [1.807, 2.05) is 0 Å². The van der Waals surface area contributed by atoms with Gasteiger partial charge < -0.3 is 5.32 Å². The third-order valence-corrected chi connectivity index (χ3v) is 4.21. The number of alkyl halides is 3. The summed E-state index contributed by atoms with van der Waals surface area (Å²) in [6.45, 7) is 1.67. The van der Waals surface area contributed by atoms with Crippen LogP contribution in [0.4, 0.5) is 24.8 Å². The van der Waals surface area contributed by atoms with Gasteiger partial charge in [-0.25, -0.2) is 14.5 Å². The number of aliphatic imine (C=N–C) groups is 1. The van der Waals surface area contributed by atoms with Crippen molar-refractivity contribution in [2.24, 2.45) is 4.99 Å². The van der Waals surface area contributed by atoms with Gasteiger partial charge in [0.05, 0.1) is 11.3 Å². The number of anilines is 2. The number of rotatable bonds is 2. The molecule has 0 unspecified atom stereocenters. The molecular formula is C19H15F3N6O. The van der Waals surface area contributed by atoms with E-state index in [1.165, 1.54) is 22.8 Å². The molecule has 4 rings (SSSR count). The topological polar surface area (TPSA) is 84.2 Å². The van der Waals surface area contributed by atoms with Gasteiger partial charge in [-0.2, -0.15) is 13.2 Å². The maximum atomic E-state index is 13.0. The highest BCUT2D eigenvalue weighted by Gasteiger charge is 2.31. The number of aromatic nitrogens is 3. The molecule has 10 heteroatoms. The van der Waals surface area contributed by atoms with Gasteiger partial charge in [0.2, 0.25) is 11.9 Å². The molecule has 0 amide bonds. The molecule has 3 heterocycles. The summed E-state index contributed by atoms with van der Waals surface area (Å²) in [5.74, 6) is 0.368. The van der Waals surface area contributed by atoms with Crippen molar-refractivity contribution >= 4 is 17.6 Å². The highest BCUT2D eigenvalue weighted by Crippen LogP contribution is 2.31. The maximum absolute atomic E-state index is 13.0. The minimum atomic E-state index is -4.46. The lowest BCUT2D eigenvalue weighted by Crippen LogP contribution is -2.38. The third kappa shape index (κ3) is 3.82. The highest BCUT2D eigenvalue weighted by molar-refractivity contribution is 6.03. The Hall–Kier alpha value is -3.69. The van der Waals surface area contributed by atoms with Crippen LogP contribution in [0.25, 0.3) is 0 Å². The summed E-state index contributed by atoms with van der Waals surface area (Å²) in [6, 6.07) is 11.3. The Bertz CT molecular complexity index is 1140. The Labute approximate surface area is 163 Å². The van der Waals surface area contributed by atoms with Crippen LogP contribution in [0.1, 0.15) is 23.1 Å². The Balaban J connectivity index is 1.75. The summed E-state index contributed by atoms with van der Waals surface area (Å²) < 4.78 is 40.3. The van der Waals surface area contributed by atoms with Crippen molar-refractivity contribution in [2.45, 2.75) is 19.3 Å². The maximum Gasteiger partial charge on any atom is 0.416 e. The molecule has 148 valence electrons. The van der Waals surface area contributed by atoms with E-state index in [4.69, 9.17) is 0 Å². The summed E-state index contributed by atoms with van der Waals surface area (Å²) in [4.78, 5) is 25.5. The standard InChI is InChI=1S/C19H15F3N6O/c1-11-9-15(29)28-16(14-7-2-3-8-23-14)26-17(27-18(28)24-11)25-13-6-4-5-12(10-13)19(20,21)22/h2-10,16H,1H3,(H2,24,25,26,27)/t16-/m1/s1. The second-order valence-corrected chi connectivity index (χ2v) is 6.36. The molecule has 2 N–H and O–H groups in total. The summed E-state index contributed by atoms with van der Waals surface area (Å²) >= 11 is 0. The lowest BCUT2D eigenvalue weighted by atomic mass is 10.2. The van der Waals surface area contributed by atoms with Crippen molar-refractivity contribution in [1.29, 1.82) is 0 Å². The summed E-state index contributed by atoms with van der Waals surface area (Å²) in [5, 5.41) is 5.70. The van der Waals surface area contributed by atoms with Gasteiger partial charge >= 0.3 is 6.18 Å². The molecule has 0 saturated carbocycles. The number of aryl methyl sites for hydroxylation is 1. The van der Waals surface area contributed by atoms with Crippen LogP contribution in [0, 0.1) is 6.92 Å². The van der Waals surface area contributed by atoms with Crippen LogP contribution >= 0.6 is 0 Å². The number of guanidine groups is 1. The first-order chi connectivity index (χ1) is 13.8. The smallest absolute Gasteiger partial charge is 0.326 e. The molecule has 7 nitrogen and oxygen atoms in total. The van der Waals surface area contributed by atoms with Crippen molar-refractivity contribution in [2.75, 3.05) is 10.6 Å². The van der Waals surface area contributed by atoms with Gasteiger partial charge in [-0.3, -0.25) is 15.1 Å².